The van der Waals surface area contributed by atoms with Gasteiger partial charge >= 0.3 is 0 Å². The molecule has 2 aromatic carbocycles. The number of hydrogen-bond acceptors (Lipinski definition) is 4. The van der Waals surface area contributed by atoms with Gasteiger partial charge in [0.1, 0.15) is 0 Å². The summed E-state index contributed by atoms with van der Waals surface area (Å²) in [5.74, 6) is -0.120. The number of sulfonamides is 1. The predicted molar refractivity (Wildman–Crippen MR) is 111 cm³/mol. The molecule has 2 rings (SSSR count). The molecular weight excluding hydrogens is 430 g/mol. The summed E-state index contributed by atoms with van der Waals surface area (Å²) in [7, 11) is 2.04. The topological polar surface area (TPSA) is 69.7 Å². The third-order valence-corrected chi connectivity index (χ3v) is 6.06. The van der Waals surface area contributed by atoms with Gasteiger partial charge in [0.15, 0.2) is 0 Å². The molecule has 0 atom stereocenters. The molecule has 0 aliphatic heterocycles. The summed E-state index contributed by atoms with van der Waals surface area (Å²) in [5.41, 5.74) is 2.11. The minimum atomic E-state index is -3.62. The van der Waals surface area contributed by atoms with E-state index in [0.29, 0.717) is 6.54 Å². The first-order valence-electron chi connectivity index (χ1n) is 8.44. The summed E-state index contributed by atoms with van der Waals surface area (Å²) in [6.07, 6.45) is 0.0992. The Labute approximate surface area is 169 Å². The number of amides is 1. The number of rotatable bonds is 8. The van der Waals surface area contributed by atoms with Gasteiger partial charge in [-0.25, -0.2) is 13.1 Å². The van der Waals surface area contributed by atoms with E-state index in [1.54, 1.807) is 24.1 Å². The molecular formula is C19H24BrN3O3S. The van der Waals surface area contributed by atoms with Gasteiger partial charge in [-0.3, -0.25) is 4.79 Å². The minimum absolute atomic E-state index is 0.0567. The lowest BCUT2D eigenvalue weighted by molar-refractivity contribution is -0.130. The van der Waals surface area contributed by atoms with Crippen LogP contribution in [0.5, 0.6) is 0 Å². The molecule has 146 valence electrons. The molecule has 1 N–H and O–H groups in total. The molecule has 1 amide bonds. The predicted octanol–water partition coefficient (Wildman–Crippen LogP) is 2.84. The van der Waals surface area contributed by atoms with Crippen molar-refractivity contribution in [3.05, 3.63) is 58.6 Å². The van der Waals surface area contributed by atoms with Gasteiger partial charge in [0.25, 0.3) is 0 Å². The Kier molecular flexibility index (Phi) is 7.41. The maximum absolute atomic E-state index is 12.3. The Morgan fingerprint density at radius 1 is 1.00 bits per heavy atom. The fourth-order valence-electron chi connectivity index (χ4n) is 2.44. The maximum Gasteiger partial charge on any atom is 0.240 e. The Balaban J connectivity index is 1.84. The second-order valence-electron chi connectivity index (χ2n) is 6.41. The fourth-order valence-corrected chi connectivity index (χ4v) is 3.74. The van der Waals surface area contributed by atoms with Crippen molar-refractivity contribution in [2.24, 2.45) is 0 Å². The van der Waals surface area contributed by atoms with E-state index in [1.165, 1.54) is 12.1 Å². The highest BCUT2D eigenvalue weighted by Crippen LogP contribution is 2.15. The van der Waals surface area contributed by atoms with Crippen LogP contribution in [0.25, 0.3) is 0 Å². The molecule has 8 heteroatoms. The fraction of sp³-hybridized carbons (Fsp3) is 0.316. The second-order valence-corrected chi connectivity index (χ2v) is 9.09. The van der Waals surface area contributed by atoms with Gasteiger partial charge in [-0.2, -0.15) is 0 Å². The van der Waals surface area contributed by atoms with Crippen molar-refractivity contribution < 1.29 is 13.2 Å². The minimum Gasteiger partial charge on any atom is -0.378 e. The third-order valence-electron chi connectivity index (χ3n) is 4.05. The molecule has 0 spiro atoms. The van der Waals surface area contributed by atoms with Crippen molar-refractivity contribution in [2.45, 2.75) is 17.9 Å². The van der Waals surface area contributed by atoms with Crippen LogP contribution in [0.15, 0.2) is 57.9 Å². The van der Waals surface area contributed by atoms with Gasteiger partial charge in [0.2, 0.25) is 15.9 Å². The van der Waals surface area contributed by atoms with Crippen LogP contribution >= 0.6 is 15.9 Å². The monoisotopic (exact) mass is 453 g/mol. The van der Waals surface area contributed by atoms with Crippen molar-refractivity contribution >= 4 is 37.5 Å². The summed E-state index contributed by atoms with van der Waals surface area (Å²) < 4.78 is 27.7. The summed E-state index contributed by atoms with van der Waals surface area (Å²) in [4.78, 5) is 16.0. The quantitative estimate of drug-likeness (QED) is 0.666. The van der Waals surface area contributed by atoms with E-state index in [1.807, 2.05) is 43.3 Å². The van der Waals surface area contributed by atoms with Crippen molar-refractivity contribution in [2.75, 3.05) is 32.6 Å². The van der Waals surface area contributed by atoms with Gasteiger partial charge in [-0.1, -0.05) is 28.1 Å². The molecule has 0 aromatic heterocycles. The zero-order chi connectivity index (χ0) is 20.0. The number of halogens is 1. The number of carbonyl (C=O) groups excluding carboxylic acids is 1. The number of benzene rings is 2. The molecule has 0 fully saturated rings. The van der Waals surface area contributed by atoms with Crippen LogP contribution < -0.4 is 9.62 Å². The van der Waals surface area contributed by atoms with Crippen LogP contribution in [0, 0.1) is 0 Å². The molecule has 2 aromatic rings. The van der Waals surface area contributed by atoms with E-state index in [2.05, 4.69) is 20.7 Å². The highest BCUT2D eigenvalue weighted by atomic mass is 79.9. The van der Waals surface area contributed by atoms with Gasteiger partial charge in [0.05, 0.1) is 4.90 Å². The first-order chi connectivity index (χ1) is 12.7. The molecule has 0 heterocycles. The van der Waals surface area contributed by atoms with E-state index in [9.17, 15) is 13.2 Å². The van der Waals surface area contributed by atoms with Crippen LogP contribution in [0.2, 0.25) is 0 Å². The van der Waals surface area contributed by atoms with Crippen LogP contribution in [0.3, 0.4) is 0 Å². The van der Waals surface area contributed by atoms with Crippen LogP contribution in [-0.2, 0) is 21.4 Å². The highest BCUT2D eigenvalue weighted by molar-refractivity contribution is 9.10. The number of anilines is 1. The molecule has 0 unspecified atom stereocenters. The lowest BCUT2D eigenvalue weighted by Gasteiger charge is -2.18. The van der Waals surface area contributed by atoms with E-state index in [0.717, 1.165) is 15.7 Å². The van der Waals surface area contributed by atoms with Crippen molar-refractivity contribution in [3.8, 4) is 0 Å². The van der Waals surface area contributed by atoms with E-state index in [-0.39, 0.29) is 23.8 Å². The number of nitrogens with zero attached hydrogens (tertiary/aromatic N) is 2. The van der Waals surface area contributed by atoms with Gasteiger partial charge in [0, 0.05) is 50.8 Å². The Hall–Kier alpha value is -1.90. The molecule has 0 bridgehead atoms. The average Bonchev–Trinajstić information content (AvgIpc) is 2.62. The largest absolute Gasteiger partial charge is 0.378 e. The molecule has 27 heavy (non-hydrogen) atoms. The van der Waals surface area contributed by atoms with E-state index in [4.69, 9.17) is 0 Å². The first-order valence-corrected chi connectivity index (χ1v) is 10.7. The van der Waals surface area contributed by atoms with Crippen molar-refractivity contribution in [1.29, 1.82) is 0 Å². The standard InChI is InChI=1S/C19H24BrN3O3S/c1-22(2)17-8-4-15(5-9-17)14-23(3)19(24)12-13-21-27(25,26)18-10-6-16(20)7-11-18/h4-11,21H,12-14H2,1-3H3. The summed E-state index contributed by atoms with van der Waals surface area (Å²) >= 11 is 3.27. The molecule has 0 saturated carbocycles. The lowest BCUT2D eigenvalue weighted by Crippen LogP contribution is -2.31. The Morgan fingerprint density at radius 3 is 2.15 bits per heavy atom. The Bertz CT molecular complexity index is 866. The molecule has 6 nitrogen and oxygen atoms in total. The van der Waals surface area contributed by atoms with Crippen molar-refractivity contribution in [3.63, 3.8) is 0 Å². The molecule has 0 radical (unpaired) electrons. The molecule has 0 saturated heterocycles. The molecule has 0 aliphatic carbocycles. The van der Waals surface area contributed by atoms with E-state index >= 15 is 0 Å². The first kappa shape index (κ1) is 21.4. The molecule has 0 aliphatic rings. The average molecular weight is 454 g/mol. The third kappa shape index (κ3) is 6.34. The van der Waals surface area contributed by atoms with Crippen LogP contribution in [0.4, 0.5) is 5.69 Å². The summed E-state index contributed by atoms with van der Waals surface area (Å²) in [6.45, 7) is 0.535. The van der Waals surface area contributed by atoms with Crippen LogP contribution in [0.1, 0.15) is 12.0 Å². The van der Waals surface area contributed by atoms with Gasteiger partial charge < -0.3 is 9.80 Å². The maximum atomic E-state index is 12.3. The SMILES string of the molecule is CN(Cc1ccc(N(C)C)cc1)C(=O)CCNS(=O)(=O)c1ccc(Br)cc1. The zero-order valence-corrected chi connectivity index (χ0v) is 18.0. The highest BCUT2D eigenvalue weighted by Gasteiger charge is 2.15. The van der Waals surface area contributed by atoms with Gasteiger partial charge in [-0.05, 0) is 42.0 Å². The summed E-state index contributed by atoms with van der Waals surface area (Å²) in [5, 5.41) is 0. The van der Waals surface area contributed by atoms with E-state index < -0.39 is 10.0 Å². The summed E-state index contributed by atoms with van der Waals surface area (Å²) in [6, 6.07) is 14.3. The number of hydrogen-bond donors (Lipinski definition) is 1. The Morgan fingerprint density at radius 2 is 1.59 bits per heavy atom. The lowest BCUT2D eigenvalue weighted by atomic mass is 10.2. The smallest absolute Gasteiger partial charge is 0.240 e. The van der Waals surface area contributed by atoms with Crippen molar-refractivity contribution in [1.82, 2.24) is 9.62 Å². The normalized spacial score (nSPS) is 11.3. The zero-order valence-electron chi connectivity index (χ0n) is 15.6. The number of nitrogens with one attached hydrogen (secondary N) is 1. The van der Waals surface area contributed by atoms with Crippen LogP contribution in [-0.4, -0.2) is 46.9 Å². The second kappa shape index (κ2) is 9.34. The number of carbonyl (C=O) groups is 1. The van der Waals surface area contributed by atoms with Gasteiger partial charge in [-0.15, -0.1) is 0 Å².